The van der Waals surface area contributed by atoms with Gasteiger partial charge in [0.1, 0.15) is 5.75 Å². The normalized spacial score (nSPS) is 10.0. The number of ether oxygens (including phenoxy) is 3. The third kappa shape index (κ3) is 5.85. The Balaban J connectivity index is 1.85. The predicted octanol–water partition coefficient (Wildman–Crippen LogP) is 2.51. The molecule has 0 heterocycles. The molecular weight excluding hydrogens is 350 g/mol. The number of esters is 2. The highest BCUT2D eigenvalue weighted by molar-refractivity contribution is 5.94. The molecule has 7 heteroatoms. The van der Waals surface area contributed by atoms with Crippen molar-refractivity contribution >= 4 is 23.5 Å². The van der Waals surface area contributed by atoms with E-state index < -0.39 is 24.5 Å². The first-order valence-corrected chi connectivity index (χ1v) is 8.20. The second-order valence-electron chi connectivity index (χ2n) is 5.77. The molecule has 2 aromatic rings. The topological polar surface area (TPSA) is 90.9 Å². The van der Waals surface area contributed by atoms with Crippen LogP contribution in [0, 0.1) is 6.92 Å². The summed E-state index contributed by atoms with van der Waals surface area (Å²) >= 11 is 0. The number of hydrogen-bond acceptors (Lipinski definition) is 6. The zero-order valence-electron chi connectivity index (χ0n) is 15.4. The lowest BCUT2D eigenvalue weighted by atomic mass is 10.1. The molecule has 0 saturated heterocycles. The molecule has 2 aromatic carbocycles. The number of carbonyl (C=O) groups is 3. The van der Waals surface area contributed by atoms with Crippen LogP contribution < -0.4 is 10.1 Å². The van der Waals surface area contributed by atoms with Gasteiger partial charge in [0.2, 0.25) is 0 Å². The highest BCUT2D eigenvalue weighted by Crippen LogP contribution is 2.20. The van der Waals surface area contributed by atoms with Gasteiger partial charge in [0.15, 0.2) is 6.61 Å². The third-order valence-corrected chi connectivity index (χ3v) is 3.72. The van der Waals surface area contributed by atoms with E-state index >= 15 is 0 Å². The van der Waals surface area contributed by atoms with Gasteiger partial charge in [-0.3, -0.25) is 9.59 Å². The van der Waals surface area contributed by atoms with Crippen LogP contribution in [0.5, 0.6) is 5.75 Å². The van der Waals surface area contributed by atoms with Crippen molar-refractivity contribution in [1.29, 1.82) is 0 Å². The summed E-state index contributed by atoms with van der Waals surface area (Å²) in [7, 11) is 2.82. The maximum Gasteiger partial charge on any atom is 0.337 e. The van der Waals surface area contributed by atoms with Crippen molar-refractivity contribution in [3.05, 3.63) is 59.2 Å². The van der Waals surface area contributed by atoms with E-state index in [0.29, 0.717) is 22.6 Å². The first-order chi connectivity index (χ1) is 12.9. The van der Waals surface area contributed by atoms with Crippen LogP contribution in [0.15, 0.2) is 42.5 Å². The summed E-state index contributed by atoms with van der Waals surface area (Å²) in [5.74, 6) is -0.887. The van der Waals surface area contributed by atoms with Gasteiger partial charge in [-0.1, -0.05) is 17.7 Å². The van der Waals surface area contributed by atoms with E-state index in [-0.39, 0.29) is 6.42 Å². The molecule has 7 nitrogen and oxygen atoms in total. The monoisotopic (exact) mass is 371 g/mol. The van der Waals surface area contributed by atoms with Gasteiger partial charge in [-0.2, -0.15) is 0 Å². The molecule has 0 aliphatic rings. The molecule has 0 spiro atoms. The van der Waals surface area contributed by atoms with Crippen molar-refractivity contribution in [1.82, 2.24) is 0 Å². The molecule has 2 rings (SSSR count). The molecule has 0 aliphatic carbocycles. The van der Waals surface area contributed by atoms with E-state index in [1.54, 1.807) is 18.2 Å². The molecule has 0 atom stereocenters. The summed E-state index contributed by atoms with van der Waals surface area (Å²) in [6.07, 6.45) is 0.00591. The minimum absolute atomic E-state index is 0.00591. The number of rotatable bonds is 7. The van der Waals surface area contributed by atoms with E-state index in [1.807, 2.05) is 19.1 Å². The van der Waals surface area contributed by atoms with Crippen LogP contribution in [0.4, 0.5) is 5.69 Å². The standard InChI is InChI=1S/C20H21NO6/c1-13-4-9-17(25-2)15(10-13)11-19(23)27-12-18(22)21-16-7-5-14(6-8-16)20(24)26-3/h4-10H,11-12H2,1-3H3,(H,21,22). The van der Waals surface area contributed by atoms with Gasteiger partial charge < -0.3 is 19.5 Å². The van der Waals surface area contributed by atoms with Gasteiger partial charge in [0, 0.05) is 11.3 Å². The van der Waals surface area contributed by atoms with Crippen molar-refractivity contribution in [2.24, 2.45) is 0 Å². The molecule has 0 saturated carbocycles. The molecule has 1 amide bonds. The molecule has 27 heavy (non-hydrogen) atoms. The van der Waals surface area contributed by atoms with Crippen LogP contribution in [-0.4, -0.2) is 38.7 Å². The number of aryl methyl sites for hydroxylation is 1. The fourth-order valence-corrected chi connectivity index (χ4v) is 2.40. The number of benzene rings is 2. The second-order valence-corrected chi connectivity index (χ2v) is 5.77. The molecular formula is C20H21NO6. The Kier molecular flexibility index (Phi) is 6.93. The van der Waals surface area contributed by atoms with E-state index in [4.69, 9.17) is 9.47 Å². The fraction of sp³-hybridized carbons (Fsp3) is 0.250. The Morgan fingerprint density at radius 3 is 2.33 bits per heavy atom. The van der Waals surface area contributed by atoms with Gasteiger partial charge >= 0.3 is 11.9 Å². The summed E-state index contributed by atoms with van der Waals surface area (Å²) in [6.45, 7) is 1.50. The Morgan fingerprint density at radius 1 is 1.00 bits per heavy atom. The van der Waals surface area contributed by atoms with Crippen molar-refractivity contribution in [2.75, 3.05) is 26.1 Å². The zero-order valence-corrected chi connectivity index (χ0v) is 15.4. The van der Waals surface area contributed by atoms with Gasteiger partial charge in [-0.15, -0.1) is 0 Å². The SMILES string of the molecule is COC(=O)c1ccc(NC(=O)COC(=O)Cc2cc(C)ccc2OC)cc1. The van der Waals surface area contributed by atoms with Crippen molar-refractivity contribution < 1.29 is 28.6 Å². The van der Waals surface area contributed by atoms with Crippen molar-refractivity contribution in [3.8, 4) is 5.75 Å². The third-order valence-electron chi connectivity index (χ3n) is 3.72. The van der Waals surface area contributed by atoms with Crippen molar-refractivity contribution in [3.63, 3.8) is 0 Å². The van der Waals surface area contributed by atoms with E-state index in [1.165, 1.54) is 26.4 Å². The number of methoxy groups -OCH3 is 2. The number of nitrogens with one attached hydrogen (secondary N) is 1. The van der Waals surface area contributed by atoms with Crippen LogP contribution in [-0.2, 0) is 25.5 Å². The molecule has 0 bridgehead atoms. The molecule has 0 aromatic heterocycles. The first kappa shape index (κ1) is 20.0. The second kappa shape index (κ2) is 9.38. The highest BCUT2D eigenvalue weighted by Gasteiger charge is 2.13. The first-order valence-electron chi connectivity index (χ1n) is 8.20. The summed E-state index contributed by atoms with van der Waals surface area (Å²) in [5.41, 5.74) is 2.53. The summed E-state index contributed by atoms with van der Waals surface area (Å²) in [6, 6.07) is 11.7. The Labute approximate surface area is 157 Å². The highest BCUT2D eigenvalue weighted by atomic mass is 16.5. The van der Waals surface area contributed by atoms with E-state index in [2.05, 4.69) is 10.1 Å². The van der Waals surface area contributed by atoms with Crippen LogP contribution in [0.25, 0.3) is 0 Å². The number of carbonyl (C=O) groups excluding carboxylic acids is 3. The summed E-state index contributed by atoms with van der Waals surface area (Å²) < 4.78 is 14.8. The molecule has 0 unspecified atom stereocenters. The average Bonchev–Trinajstić information content (AvgIpc) is 2.66. The van der Waals surface area contributed by atoms with E-state index in [0.717, 1.165) is 5.56 Å². The lowest BCUT2D eigenvalue weighted by Crippen LogP contribution is -2.21. The van der Waals surface area contributed by atoms with E-state index in [9.17, 15) is 14.4 Å². The predicted molar refractivity (Wildman–Crippen MR) is 98.8 cm³/mol. The number of amides is 1. The van der Waals surface area contributed by atoms with Crippen LogP contribution in [0.2, 0.25) is 0 Å². The van der Waals surface area contributed by atoms with Crippen LogP contribution in [0.1, 0.15) is 21.5 Å². The lowest BCUT2D eigenvalue weighted by Gasteiger charge is -2.10. The van der Waals surface area contributed by atoms with Gasteiger partial charge in [-0.25, -0.2) is 4.79 Å². The fourth-order valence-electron chi connectivity index (χ4n) is 2.40. The zero-order chi connectivity index (χ0) is 19.8. The van der Waals surface area contributed by atoms with Gasteiger partial charge in [0.05, 0.1) is 26.2 Å². The maximum atomic E-state index is 12.0. The van der Waals surface area contributed by atoms with Gasteiger partial charge in [-0.05, 0) is 37.3 Å². The Morgan fingerprint density at radius 2 is 1.70 bits per heavy atom. The number of hydrogen-bond donors (Lipinski definition) is 1. The quantitative estimate of drug-likeness (QED) is 0.752. The lowest BCUT2D eigenvalue weighted by molar-refractivity contribution is -0.146. The minimum Gasteiger partial charge on any atom is -0.496 e. The molecule has 1 N–H and O–H groups in total. The number of anilines is 1. The molecule has 142 valence electrons. The summed E-state index contributed by atoms with van der Waals surface area (Å²) in [5, 5.41) is 2.58. The summed E-state index contributed by atoms with van der Waals surface area (Å²) in [4.78, 5) is 35.3. The largest absolute Gasteiger partial charge is 0.496 e. The van der Waals surface area contributed by atoms with Crippen LogP contribution in [0.3, 0.4) is 0 Å². The Bertz CT molecular complexity index is 829. The molecule has 0 aliphatic heterocycles. The molecule has 0 radical (unpaired) electrons. The average molecular weight is 371 g/mol. The maximum absolute atomic E-state index is 12.0. The van der Waals surface area contributed by atoms with Crippen LogP contribution >= 0.6 is 0 Å². The Hall–Kier alpha value is -3.35. The molecule has 0 fully saturated rings. The van der Waals surface area contributed by atoms with Crippen molar-refractivity contribution in [2.45, 2.75) is 13.3 Å². The minimum atomic E-state index is -0.532. The van der Waals surface area contributed by atoms with Gasteiger partial charge in [0.25, 0.3) is 5.91 Å². The smallest absolute Gasteiger partial charge is 0.337 e.